The van der Waals surface area contributed by atoms with Gasteiger partial charge in [0.2, 0.25) is 0 Å². The van der Waals surface area contributed by atoms with Gasteiger partial charge < -0.3 is 9.88 Å². The van der Waals surface area contributed by atoms with Crippen molar-refractivity contribution in [3.05, 3.63) is 58.9 Å². The average molecular weight is 336 g/mol. The number of ketones is 1. The van der Waals surface area contributed by atoms with Crippen LogP contribution in [0.15, 0.2) is 36.4 Å². The van der Waals surface area contributed by atoms with Crippen molar-refractivity contribution in [3.63, 3.8) is 0 Å². The van der Waals surface area contributed by atoms with Crippen LogP contribution in [0, 0.1) is 5.82 Å². The summed E-state index contributed by atoms with van der Waals surface area (Å²) in [4.78, 5) is 17.8. The lowest BCUT2D eigenvalue weighted by Gasteiger charge is -2.10. The third kappa shape index (κ3) is 2.87. The van der Waals surface area contributed by atoms with Gasteiger partial charge in [-0.25, -0.2) is 4.39 Å². The van der Waals surface area contributed by atoms with Crippen LogP contribution in [0.3, 0.4) is 0 Å². The summed E-state index contributed by atoms with van der Waals surface area (Å²) in [6, 6.07) is 11.3. The third-order valence-corrected chi connectivity index (χ3v) is 4.84. The van der Waals surface area contributed by atoms with E-state index >= 15 is 0 Å². The zero-order valence-corrected chi connectivity index (χ0v) is 14.5. The van der Waals surface area contributed by atoms with Crippen LogP contribution in [0.25, 0.3) is 22.2 Å². The first-order valence-electron chi connectivity index (χ1n) is 8.64. The summed E-state index contributed by atoms with van der Waals surface area (Å²) in [6.07, 6.45) is 2.11. The van der Waals surface area contributed by atoms with Crippen LogP contribution in [-0.2, 0) is 13.0 Å². The molecule has 0 unspecified atom stereocenters. The molecule has 1 aliphatic carbocycles. The van der Waals surface area contributed by atoms with Crippen molar-refractivity contribution >= 4 is 16.7 Å². The van der Waals surface area contributed by atoms with Crippen molar-refractivity contribution in [3.8, 4) is 11.3 Å². The number of aromatic amines is 1. The molecule has 2 aromatic carbocycles. The number of Topliss-reactive ketones (excluding diaryl/α,β-unsaturated/α-hetero) is 1. The second-order valence-corrected chi connectivity index (χ2v) is 7.07. The maximum Gasteiger partial charge on any atom is 0.163 e. The Kier molecular flexibility index (Phi) is 3.92. The smallest absolute Gasteiger partial charge is 0.163 e. The summed E-state index contributed by atoms with van der Waals surface area (Å²) in [7, 11) is 4.10. The molecule has 1 aromatic heterocycles. The zero-order chi connectivity index (χ0) is 17.6. The van der Waals surface area contributed by atoms with Crippen molar-refractivity contribution in [2.24, 2.45) is 0 Å². The lowest BCUT2D eigenvalue weighted by Crippen LogP contribution is -2.10. The highest BCUT2D eigenvalue weighted by Crippen LogP contribution is 2.36. The Hall–Kier alpha value is -2.46. The van der Waals surface area contributed by atoms with Crippen LogP contribution >= 0.6 is 0 Å². The lowest BCUT2D eigenvalue weighted by atomic mass is 9.99. The van der Waals surface area contributed by atoms with E-state index in [1.165, 1.54) is 17.7 Å². The molecule has 0 spiro atoms. The van der Waals surface area contributed by atoms with Gasteiger partial charge in [-0.1, -0.05) is 24.3 Å². The van der Waals surface area contributed by atoms with E-state index in [0.717, 1.165) is 41.6 Å². The number of nitrogens with zero attached hydrogens (tertiary/aromatic N) is 1. The minimum Gasteiger partial charge on any atom is -0.354 e. The van der Waals surface area contributed by atoms with Gasteiger partial charge in [-0.3, -0.25) is 4.79 Å². The molecule has 4 rings (SSSR count). The first-order valence-corrected chi connectivity index (χ1v) is 8.64. The molecule has 1 N–H and O–H groups in total. The van der Waals surface area contributed by atoms with Crippen LogP contribution in [0.4, 0.5) is 4.39 Å². The van der Waals surface area contributed by atoms with Crippen LogP contribution in [0.2, 0.25) is 0 Å². The fourth-order valence-electron chi connectivity index (χ4n) is 3.78. The zero-order valence-electron chi connectivity index (χ0n) is 14.5. The maximum atomic E-state index is 14.0. The molecule has 128 valence electrons. The Bertz CT molecular complexity index is 954. The van der Waals surface area contributed by atoms with E-state index in [2.05, 4.69) is 34.1 Å². The van der Waals surface area contributed by atoms with Crippen molar-refractivity contribution in [1.82, 2.24) is 9.88 Å². The number of benzene rings is 2. The van der Waals surface area contributed by atoms with E-state index < -0.39 is 0 Å². The number of aryl methyl sites for hydroxylation is 1. The molecule has 0 aliphatic heterocycles. The van der Waals surface area contributed by atoms with E-state index in [0.29, 0.717) is 17.5 Å². The van der Waals surface area contributed by atoms with E-state index in [4.69, 9.17) is 0 Å². The van der Waals surface area contributed by atoms with Crippen LogP contribution < -0.4 is 0 Å². The number of hydrogen-bond donors (Lipinski definition) is 1. The number of carbonyl (C=O) groups excluding carboxylic acids is 1. The Labute approximate surface area is 146 Å². The van der Waals surface area contributed by atoms with Crippen molar-refractivity contribution < 1.29 is 9.18 Å². The summed E-state index contributed by atoms with van der Waals surface area (Å²) in [5.41, 5.74) is 5.71. The minimum absolute atomic E-state index is 0.0372. The van der Waals surface area contributed by atoms with E-state index in [-0.39, 0.29) is 11.6 Å². The van der Waals surface area contributed by atoms with Gasteiger partial charge in [0.1, 0.15) is 5.82 Å². The van der Waals surface area contributed by atoms with Crippen LogP contribution in [0.5, 0.6) is 0 Å². The first kappa shape index (κ1) is 16.0. The molecule has 4 heteroatoms. The van der Waals surface area contributed by atoms with Gasteiger partial charge in [-0.15, -0.1) is 0 Å². The summed E-state index contributed by atoms with van der Waals surface area (Å²) in [5, 5.41) is 0.899. The van der Waals surface area contributed by atoms with Gasteiger partial charge >= 0.3 is 0 Å². The highest BCUT2D eigenvalue weighted by Gasteiger charge is 2.23. The van der Waals surface area contributed by atoms with Gasteiger partial charge in [-0.2, -0.15) is 0 Å². The Morgan fingerprint density at radius 3 is 2.60 bits per heavy atom. The predicted octanol–water partition coefficient (Wildman–Crippen LogP) is 4.55. The summed E-state index contributed by atoms with van der Waals surface area (Å²) < 4.78 is 14.0. The van der Waals surface area contributed by atoms with E-state index in [9.17, 15) is 9.18 Å². The molecule has 0 bridgehead atoms. The summed E-state index contributed by atoms with van der Waals surface area (Å²) >= 11 is 0. The molecule has 1 heterocycles. The number of H-pyrrole nitrogens is 1. The highest BCUT2D eigenvalue weighted by atomic mass is 19.1. The predicted molar refractivity (Wildman–Crippen MR) is 98.4 cm³/mol. The Balaban J connectivity index is 1.86. The Morgan fingerprint density at radius 1 is 1.12 bits per heavy atom. The third-order valence-electron chi connectivity index (χ3n) is 4.84. The molecule has 1 aliphatic rings. The molecule has 3 aromatic rings. The molecule has 0 saturated heterocycles. The quantitative estimate of drug-likeness (QED) is 0.761. The van der Waals surface area contributed by atoms with Crippen molar-refractivity contribution in [2.75, 3.05) is 14.1 Å². The van der Waals surface area contributed by atoms with E-state index in [1.807, 2.05) is 14.1 Å². The SMILES string of the molecule is CN(C)Cc1ccc(-c2[nH]c3cc(F)cc4c3c2CCCC4=O)cc1. The first-order chi connectivity index (χ1) is 12.0. The topological polar surface area (TPSA) is 36.1 Å². The van der Waals surface area contributed by atoms with Crippen LogP contribution in [0.1, 0.15) is 34.3 Å². The molecule has 0 atom stereocenters. The highest BCUT2D eigenvalue weighted by molar-refractivity contribution is 6.11. The molecule has 3 nitrogen and oxygen atoms in total. The molecule has 0 radical (unpaired) electrons. The number of halogens is 1. The fraction of sp³-hybridized carbons (Fsp3) is 0.286. The molecule has 0 saturated carbocycles. The van der Waals surface area contributed by atoms with Gasteiger partial charge in [0.05, 0.1) is 0 Å². The average Bonchev–Trinajstić information content (AvgIpc) is 2.83. The number of carbonyl (C=O) groups is 1. The summed E-state index contributed by atoms with van der Waals surface area (Å²) in [6.45, 7) is 0.893. The molecule has 25 heavy (non-hydrogen) atoms. The monoisotopic (exact) mass is 336 g/mol. The molecule has 0 fully saturated rings. The van der Waals surface area contributed by atoms with Gasteiger partial charge in [0, 0.05) is 35.1 Å². The number of nitrogens with one attached hydrogen (secondary N) is 1. The molecular weight excluding hydrogens is 315 g/mol. The molecular formula is C21H21FN2O. The van der Waals surface area contributed by atoms with Gasteiger partial charge in [-0.05, 0) is 55.8 Å². The molecule has 0 amide bonds. The standard InChI is InChI=1S/C21H21FN2O/c1-24(2)12-13-6-8-14(9-7-13)21-16-4-3-5-19(25)17-10-15(22)11-18(23-21)20(16)17/h6-11,23H,3-5,12H2,1-2H3. The van der Waals surface area contributed by atoms with Crippen molar-refractivity contribution in [2.45, 2.75) is 25.8 Å². The number of rotatable bonds is 3. The lowest BCUT2D eigenvalue weighted by molar-refractivity contribution is 0.0982. The van der Waals surface area contributed by atoms with Gasteiger partial charge in [0.25, 0.3) is 0 Å². The maximum absolute atomic E-state index is 14.0. The Morgan fingerprint density at radius 2 is 1.88 bits per heavy atom. The second-order valence-electron chi connectivity index (χ2n) is 7.07. The summed E-state index contributed by atoms with van der Waals surface area (Å²) in [5.74, 6) is -0.325. The fourth-order valence-corrected chi connectivity index (χ4v) is 3.78. The largest absolute Gasteiger partial charge is 0.354 e. The normalized spacial score (nSPS) is 14.3. The van der Waals surface area contributed by atoms with E-state index in [1.54, 1.807) is 0 Å². The number of aromatic nitrogens is 1. The van der Waals surface area contributed by atoms with Gasteiger partial charge in [0.15, 0.2) is 5.78 Å². The number of hydrogen-bond acceptors (Lipinski definition) is 2. The van der Waals surface area contributed by atoms with Crippen molar-refractivity contribution in [1.29, 1.82) is 0 Å². The minimum atomic E-state index is -0.363. The second kappa shape index (κ2) is 6.12. The van der Waals surface area contributed by atoms with Crippen LogP contribution in [-0.4, -0.2) is 29.8 Å².